The van der Waals surface area contributed by atoms with E-state index in [9.17, 15) is 18.4 Å². The van der Waals surface area contributed by atoms with E-state index in [4.69, 9.17) is 11.6 Å². The second-order valence-corrected chi connectivity index (χ2v) is 7.49. The van der Waals surface area contributed by atoms with E-state index < -0.39 is 12.6 Å². The molecule has 0 saturated heterocycles. The minimum atomic E-state index is -4.25. The Balaban J connectivity index is 1.91. The number of aromatic nitrogens is 1. The molecule has 4 rings (SSSR count). The van der Waals surface area contributed by atoms with Gasteiger partial charge in [-0.2, -0.15) is 17.9 Å². The van der Waals surface area contributed by atoms with Crippen molar-refractivity contribution in [2.75, 3.05) is 11.4 Å². The van der Waals surface area contributed by atoms with Crippen LogP contribution >= 0.6 is 11.6 Å². The second kappa shape index (κ2) is 6.85. The Bertz CT molecular complexity index is 1020. The maximum absolute atomic E-state index is 13.0. The minimum absolute atomic E-state index is 0.130. The summed E-state index contributed by atoms with van der Waals surface area (Å²) in [6.07, 6.45) is -3.82. The third kappa shape index (κ3) is 3.15. The minimum Gasteiger partial charge on any atom is -0.618 e. The van der Waals surface area contributed by atoms with E-state index in [2.05, 4.69) is 0 Å². The Morgan fingerprint density at radius 3 is 2.50 bits per heavy atom. The molecule has 0 spiro atoms. The summed E-state index contributed by atoms with van der Waals surface area (Å²) in [4.78, 5) is 1.79. The van der Waals surface area contributed by atoms with Crippen molar-refractivity contribution in [2.45, 2.75) is 31.5 Å². The van der Waals surface area contributed by atoms with Crippen molar-refractivity contribution in [1.29, 1.82) is 0 Å². The van der Waals surface area contributed by atoms with Gasteiger partial charge in [0.05, 0.1) is 22.9 Å². The molecule has 146 valence electrons. The number of fused-ring (bicyclic) bond motifs is 3. The fourth-order valence-corrected chi connectivity index (χ4v) is 4.50. The summed E-state index contributed by atoms with van der Waals surface area (Å²) >= 11 is 6.42. The number of benzene rings is 2. The van der Waals surface area contributed by atoms with Crippen molar-refractivity contribution in [3.8, 4) is 0 Å². The topological polar surface area (TPSA) is 30.2 Å². The molecule has 0 fully saturated rings. The SMILES string of the molecule is CC1c2c(ccc3c2c(Cl)cc[n+]3[O-])N(CCC(F)(F)F)C1c1ccccc1. The lowest BCUT2D eigenvalue weighted by atomic mass is 9.90. The first-order valence-corrected chi connectivity index (χ1v) is 9.38. The number of nitrogens with zero attached hydrogens (tertiary/aromatic N) is 2. The van der Waals surface area contributed by atoms with Crippen LogP contribution in [-0.2, 0) is 0 Å². The molecule has 3 nitrogen and oxygen atoms in total. The quantitative estimate of drug-likeness (QED) is 0.410. The van der Waals surface area contributed by atoms with Gasteiger partial charge in [0, 0.05) is 30.3 Å². The molecule has 1 aliphatic rings. The number of pyridine rings is 1. The van der Waals surface area contributed by atoms with Crippen molar-refractivity contribution < 1.29 is 17.9 Å². The van der Waals surface area contributed by atoms with Crippen molar-refractivity contribution >= 4 is 28.2 Å². The van der Waals surface area contributed by atoms with Gasteiger partial charge >= 0.3 is 6.18 Å². The lowest BCUT2D eigenvalue weighted by molar-refractivity contribution is -0.577. The fourth-order valence-electron chi connectivity index (χ4n) is 4.24. The predicted molar refractivity (Wildman–Crippen MR) is 104 cm³/mol. The molecule has 0 bridgehead atoms. The van der Waals surface area contributed by atoms with E-state index in [0.29, 0.717) is 21.6 Å². The maximum Gasteiger partial charge on any atom is 0.390 e. The van der Waals surface area contributed by atoms with Crippen LogP contribution in [0.4, 0.5) is 18.9 Å². The van der Waals surface area contributed by atoms with Crippen LogP contribution in [0.3, 0.4) is 0 Å². The molecule has 7 heteroatoms. The Morgan fingerprint density at radius 2 is 1.82 bits per heavy atom. The highest BCUT2D eigenvalue weighted by molar-refractivity contribution is 6.35. The number of rotatable bonds is 3. The van der Waals surface area contributed by atoms with Crippen LogP contribution in [0.5, 0.6) is 0 Å². The standard InChI is InChI=1S/C21H18ClF3N2O/c1-13-18-16(7-8-17-19(18)15(22)9-11-27(17)28)26(12-10-21(23,24)25)20(13)14-5-3-2-4-6-14/h2-9,11,13,20H,10,12H2,1H3. The Labute approximate surface area is 165 Å². The highest BCUT2D eigenvalue weighted by atomic mass is 35.5. The van der Waals surface area contributed by atoms with Gasteiger partial charge in [-0.25, -0.2) is 0 Å². The molecular weight excluding hydrogens is 389 g/mol. The second-order valence-electron chi connectivity index (χ2n) is 7.08. The van der Waals surface area contributed by atoms with Crippen molar-refractivity contribution in [3.05, 3.63) is 76.1 Å². The molecule has 28 heavy (non-hydrogen) atoms. The van der Waals surface area contributed by atoms with Gasteiger partial charge in [0.1, 0.15) is 0 Å². The molecule has 2 heterocycles. The molecule has 0 amide bonds. The van der Waals surface area contributed by atoms with Gasteiger partial charge in [-0.3, -0.25) is 0 Å². The average Bonchev–Trinajstić information content (AvgIpc) is 2.95. The third-order valence-electron chi connectivity index (χ3n) is 5.38. The van der Waals surface area contributed by atoms with Gasteiger partial charge in [-0.1, -0.05) is 48.9 Å². The van der Waals surface area contributed by atoms with E-state index in [1.54, 1.807) is 17.0 Å². The maximum atomic E-state index is 13.0. The molecule has 0 N–H and O–H groups in total. The number of hydrogen-bond donors (Lipinski definition) is 0. The normalized spacial score (nSPS) is 19.2. The number of halogens is 4. The molecule has 3 aromatic rings. The molecule has 0 saturated carbocycles. The third-order valence-corrected chi connectivity index (χ3v) is 5.70. The van der Waals surface area contributed by atoms with Crippen LogP contribution in [0.2, 0.25) is 5.02 Å². The van der Waals surface area contributed by atoms with Crippen LogP contribution in [-0.4, -0.2) is 12.7 Å². The summed E-state index contributed by atoms with van der Waals surface area (Å²) in [7, 11) is 0. The van der Waals surface area contributed by atoms with Crippen LogP contribution in [0, 0.1) is 5.21 Å². The highest BCUT2D eigenvalue weighted by Gasteiger charge is 2.41. The average molecular weight is 407 g/mol. The van der Waals surface area contributed by atoms with Gasteiger partial charge in [0.15, 0.2) is 6.20 Å². The van der Waals surface area contributed by atoms with E-state index in [1.165, 1.54) is 12.3 Å². The Morgan fingerprint density at radius 1 is 1.11 bits per heavy atom. The zero-order chi connectivity index (χ0) is 20.1. The molecule has 2 aromatic carbocycles. The van der Waals surface area contributed by atoms with E-state index in [1.807, 2.05) is 37.3 Å². The molecule has 1 aromatic heterocycles. The van der Waals surface area contributed by atoms with E-state index >= 15 is 0 Å². The molecule has 2 unspecified atom stereocenters. The summed E-state index contributed by atoms with van der Waals surface area (Å²) in [5.74, 6) is -0.130. The fraction of sp³-hybridized carbons (Fsp3) is 0.286. The highest BCUT2D eigenvalue weighted by Crippen LogP contribution is 2.52. The van der Waals surface area contributed by atoms with Gasteiger partial charge in [0.25, 0.3) is 0 Å². The van der Waals surface area contributed by atoms with Crippen molar-refractivity contribution in [2.24, 2.45) is 0 Å². The van der Waals surface area contributed by atoms with Crippen molar-refractivity contribution in [3.63, 3.8) is 0 Å². The van der Waals surface area contributed by atoms with E-state index in [-0.39, 0.29) is 18.5 Å². The predicted octanol–water partition coefficient (Wildman–Crippen LogP) is 5.74. The molecular formula is C21H18ClF3N2O. The summed E-state index contributed by atoms with van der Waals surface area (Å²) in [6, 6.07) is 14.1. The van der Waals surface area contributed by atoms with Crippen LogP contribution in [0.25, 0.3) is 10.9 Å². The zero-order valence-corrected chi connectivity index (χ0v) is 15.8. The summed E-state index contributed by atoms with van der Waals surface area (Å²) < 4.78 is 39.7. The largest absolute Gasteiger partial charge is 0.618 e. The summed E-state index contributed by atoms with van der Waals surface area (Å²) in [5.41, 5.74) is 2.88. The smallest absolute Gasteiger partial charge is 0.390 e. The van der Waals surface area contributed by atoms with Crippen LogP contribution in [0.15, 0.2) is 54.7 Å². The molecule has 0 aliphatic carbocycles. The summed E-state index contributed by atoms with van der Waals surface area (Å²) in [5, 5.41) is 13.3. The molecule has 0 radical (unpaired) electrons. The molecule has 1 aliphatic heterocycles. The van der Waals surface area contributed by atoms with Crippen LogP contribution < -0.4 is 9.63 Å². The monoisotopic (exact) mass is 406 g/mol. The Kier molecular flexibility index (Phi) is 4.62. The van der Waals surface area contributed by atoms with Gasteiger partial charge in [-0.05, 0) is 17.2 Å². The van der Waals surface area contributed by atoms with Crippen molar-refractivity contribution in [1.82, 2.24) is 0 Å². The number of anilines is 1. The number of hydrogen-bond acceptors (Lipinski definition) is 2. The molecule has 2 atom stereocenters. The van der Waals surface area contributed by atoms with Crippen LogP contribution in [0.1, 0.15) is 36.4 Å². The first kappa shape index (κ1) is 18.9. The van der Waals surface area contributed by atoms with Gasteiger partial charge in [-0.15, -0.1) is 0 Å². The lowest BCUT2D eigenvalue weighted by Crippen LogP contribution is -2.30. The van der Waals surface area contributed by atoms with Gasteiger partial charge in [0.2, 0.25) is 5.52 Å². The summed E-state index contributed by atoms with van der Waals surface area (Å²) in [6.45, 7) is 1.82. The van der Waals surface area contributed by atoms with E-state index in [0.717, 1.165) is 15.9 Å². The zero-order valence-electron chi connectivity index (χ0n) is 15.1. The Hall–Kier alpha value is -2.47. The first-order valence-electron chi connectivity index (χ1n) is 9.00. The number of alkyl halides is 3. The van der Waals surface area contributed by atoms with Gasteiger partial charge < -0.3 is 10.1 Å². The first-order chi connectivity index (χ1) is 13.3. The lowest BCUT2D eigenvalue weighted by Gasteiger charge is -2.30.